The smallest absolute Gasteiger partial charge is 0.335 e. The van der Waals surface area contributed by atoms with Crippen LogP contribution >= 0.6 is 11.8 Å². The lowest BCUT2D eigenvalue weighted by Gasteiger charge is -2.14. The van der Waals surface area contributed by atoms with E-state index in [0.29, 0.717) is 10.8 Å². The van der Waals surface area contributed by atoms with Gasteiger partial charge < -0.3 is 10.4 Å². The zero-order valence-corrected chi connectivity index (χ0v) is 15.3. The van der Waals surface area contributed by atoms with Gasteiger partial charge in [0, 0.05) is 0 Å². The molecule has 3 aromatic rings. The van der Waals surface area contributed by atoms with E-state index in [2.05, 4.69) is 20.8 Å². The molecule has 1 heterocycles. The monoisotopic (exact) mass is 383 g/mol. The van der Waals surface area contributed by atoms with E-state index in [1.807, 2.05) is 37.3 Å². The van der Waals surface area contributed by atoms with Gasteiger partial charge in [0.05, 0.1) is 23.0 Å². The molecule has 0 saturated carbocycles. The molecule has 0 bridgehead atoms. The largest absolute Gasteiger partial charge is 0.478 e. The van der Waals surface area contributed by atoms with E-state index in [1.165, 1.54) is 28.6 Å². The minimum absolute atomic E-state index is 0.0983. The number of aromatic carboxylic acids is 1. The molecule has 3 rings (SSSR count). The van der Waals surface area contributed by atoms with E-state index < -0.39 is 5.97 Å². The highest BCUT2D eigenvalue weighted by Gasteiger charge is 2.14. The van der Waals surface area contributed by atoms with E-state index in [0.717, 1.165) is 5.56 Å². The number of carboxylic acids is 1. The second-order valence-corrected chi connectivity index (χ2v) is 6.66. The first-order valence-corrected chi connectivity index (χ1v) is 9.12. The van der Waals surface area contributed by atoms with Crippen LogP contribution in [0.4, 0.5) is 0 Å². The van der Waals surface area contributed by atoms with Crippen LogP contribution in [0.2, 0.25) is 0 Å². The number of amides is 1. The zero-order valence-electron chi connectivity index (χ0n) is 14.4. The number of hydrogen-bond donors (Lipinski definition) is 2. The average Bonchev–Trinajstić information content (AvgIpc) is 3.15. The molecule has 0 aliphatic carbocycles. The van der Waals surface area contributed by atoms with Crippen LogP contribution in [0.15, 0.2) is 59.8 Å². The van der Waals surface area contributed by atoms with E-state index in [1.54, 1.807) is 12.1 Å². The zero-order chi connectivity index (χ0) is 19.2. The summed E-state index contributed by atoms with van der Waals surface area (Å²) in [5.41, 5.74) is 1.82. The van der Waals surface area contributed by atoms with Crippen LogP contribution < -0.4 is 5.32 Å². The first kappa shape index (κ1) is 18.6. The number of benzene rings is 2. The van der Waals surface area contributed by atoms with Gasteiger partial charge in [-0.05, 0) is 47.2 Å². The quantitative estimate of drug-likeness (QED) is 0.603. The minimum atomic E-state index is -1.00. The maximum atomic E-state index is 12.2. The Morgan fingerprint density at radius 3 is 2.52 bits per heavy atom. The molecular formula is C18H17N5O3S. The van der Waals surface area contributed by atoms with Crippen molar-refractivity contribution in [1.82, 2.24) is 25.5 Å². The van der Waals surface area contributed by atoms with Crippen molar-refractivity contribution in [2.45, 2.75) is 18.1 Å². The third-order valence-corrected chi connectivity index (χ3v) is 4.73. The van der Waals surface area contributed by atoms with Crippen LogP contribution in [0, 0.1) is 0 Å². The fraction of sp³-hybridized carbons (Fsp3) is 0.167. The molecule has 2 N–H and O–H groups in total. The molecule has 1 aromatic heterocycles. The molecule has 8 nitrogen and oxygen atoms in total. The van der Waals surface area contributed by atoms with Crippen LogP contribution in [-0.4, -0.2) is 42.9 Å². The Balaban J connectivity index is 1.61. The summed E-state index contributed by atoms with van der Waals surface area (Å²) in [4.78, 5) is 23.2. The van der Waals surface area contributed by atoms with Crippen LogP contribution in [0.1, 0.15) is 28.9 Å². The number of carboxylic acid groups (broad SMARTS) is 1. The molecule has 0 fully saturated rings. The number of aromatic nitrogens is 4. The Morgan fingerprint density at radius 2 is 1.85 bits per heavy atom. The van der Waals surface area contributed by atoms with Crippen molar-refractivity contribution in [2.24, 2.45) is 0 Å². The van der Waals surface area contributed by atoms with Crippen LogP contribution in [0.3, 0.4) is 0 Å². The summed E-state index contributed by atoms with van der Waals surface area (Å²) in [5.74, 6) is -0.978. The number of carbonyl (C=O) groups excluding carboxylic acids is 1. The molecule has 0 saturated heterocycles. The Labute approximate surface area is 159 Å². The van der Waals surface area contributed by atoms with E-state index in [9.17, 15) is 9.59 Å². The lowest BCUT2D eigenvalue weighted by Crippen LogP contribution is -2.28. The molecule has 1 unspecified atom stereocenters. The van der Waals surface area contributed by atoms with E-state index in [4.69, 9.17) is 5.11 Å². The van der Waals surface area contributed by atoms with Crippen molar-refractivity contribution in [2.75, 3.05) is 5.75 Å². The molecule has 138 valence electrons. The minimum Gasteiger partial charge on any atom is -0.478 e. The van der Waals surface area contributed by atoms with Crippen molar-refractivity contribution in [3.8, 4) is 5.69 Å². The molecular weight excluding hydrogens is 366 g/mol. The predicted molar refractivity (Wildman–Crippen MR) is 99.8 cm³/mol. The fourth-order valence-corrected chi connectivity index (χ4v) is 3.12. The molecule has 2 aromatic carbocycles. The number of nitrogens with one attached hydrogen (secondary N) is 1. The van der Waals surface area contributed by atoms with Crippen molar-refractivity contribution in [3.63, 3.8) is 0 Å². The predicted octanol–water partition coefficient (Wildman–Crippen LogP) is 2.33. The Bertz CT molecular complexity index is 928. The number of hydrogen-bond acceptors (Lipinski definition) is 6. The first-order chi connectivity index (χ1) is 13.0. The van der Waals surface area contributed by atoms with Crippen LogP contribution in [0.5, 0.6) is 0 Å². The van der Waals surface area contributed by atoms with Gasteiger partial charge in [-0.1, -0.05) is 42.1 Å². The topological polar surface area (TPSA) is 110 Å². The Hall–Kier alpha value is -3.20. The second-order valence-electron chi connectivity index (χ2n) is 5.71. The van der Waals surface area contributed by atoms with Gasteiger partial charge >= 0.3 is 5.97 Å². The highest BCUT2D eigenvalue weighted by atomic mass is 32.2. The summed E-state index contributed by atoms with van der Waals surface area (Å²) in [7, 11) is 0. The molecule has 0 spiro atoms. The normalized spacial score (nSPS) is 11.7. The molecule has 9 heteroatoms. The fourth-order valence-electron chi connectivity index (χ4n) is 2.41. The standard InChI is InChI=1S/C18H17N5O3S/c1-12(13-5-3-2-4-6-13)19-16(24)11-27-18-20-21-22-23(18)15-9-7-14(8-10-15)17(25)26/h2-10,12H,11H2,1H3,(H,19,24)(H,25,26). The number of tetrazole rings is 1. The SMILES string of the molecule is CC(NC(=O)CSc1nnnn1-c1ccc(C(=O)O)cc1)c1ccccc1. The van der Waals surface area contributed by atoms with Crippen molar-refractivity contribution < 1.29 is 14.7 Å². The summed E-state index contributed by atoms with van der Waals surface area (Å²) in [6.45, 7) is 1.92. The molecule has 0 aliphatic heterocycles. The van der Waals surface area contributed by atoms with Gasteiger partial charge in [-0.25, -0.2) is 4.79 Å². The highest BCUT2D eigenvalue weighted by molar-refractivity contribution is 7.99. The summed E-state index contributed by atoms with van der Waals surface area (Å²) in [6.07, 6.45) is 0. The average molecular weight is 383 g/mol. The molecule has 0 radical (unpaired) electrons. The van der Waals surface area contributed by atoms with Gasteiger partial charge in [-0.2, -0.15) is 4.68 Å². The lowest BCUT2D eigenvalue weighted by molar-refractivity contribution is -0.119. The van der Waals surface area contributed by atoms with Crippen molar-refractivity contribution in [1.29, 1.82) is 0 Å². The van der Waals surface area contributed by atoms with Crippen molar-refractivity contribution in [3.05, 3.63) is 65.7 Å². The van der Waals surface area contributed by atoms with Gasteiger partial charge in [0.25, 0.3) is 0 Å². The molecule has 1 amide bonds. The van der Waals surface area contributed by atoms with Gasteiger partial charge in [0.2, 0.25) is 11.1 Å². The summed E-state index contributed by atoms with van der Waals surface area (Å²) in [5, 5.41) is 23.8. The number of rotatable bonds is 7. The van der Waals surface area contributed by atoms with Gasteiger partial charge in [0.15, 0.2) is 0 Å². The second kappa shape index (κ2) is 8.45. The molecule has 27 heavy (non-hydrogen) atoms. The van der Waals surface area contributed by atoms with Gasteiger partial charge in [-0.3, -0.25) is 4.79 Å². The lowest BCUT2D eigenvalue weighted by atomic mass is 10.1. The Kier molecular flexibility index (Phi) is 5.82. The van der Waals surface area contributed by atoms with Gasteiger partial charge in [0.1, 0.15) is 0 Å². The summed E-state index contributed by atoms with van der Waals surface area (Å²) < 4.78 is 1.46. The molecule has 0 aliphatic rings. The number of carbonyl (C=O) groups is 2. The van der Waals surface area contributed by atoms with Gasteiger partial charge in [-0.15, -0.1) is 5.10 Å². The summed E-state index contributed by atoms with van der Waals surface area (Å²) in [6, 6.07) is 15.8. The number of thioether (sulfide) groups is 1. The summed E-state index contributed by atoms with van der Waals surface area (Å²) >= 11 is 1.20. The highest BCUT2D eigenvalue weighted by Crippen LogP contribution is 2.19. The third kappa shape index (κ3) is 4.70. The van der Waals surface area contributed by atoms with Crippen LogP contribution in [0.25, 0.3) is 5.69 Å². The maximum absolute atomic E-state index is 12.2. The molecule has 1 atom stereocenters. The first-order valence-electron chi connectivity index (χ1n) is 8.14. The van der Waals surface area contributed by atoms with Crippen LogP contribution in [-0.2, 0) is 4.79 Å². The Morgan fingerprint density at radius 1 is 1.15 bits per heavy atom. The van der Waals surface area contributed by atoms with E-state index in [-0.39, 0.29) is 23.3 Å². The van der Waals surface area contributed by atoms with E-state index >= 15 is 0 Å². The van der Waals surface area contributed by atoms with Crippen molar-refractivity contribution >= 4 is 23.6 Å². The third-order valence-electron chi connectivity index (χ3n) is 3.81. The maximum Gasteiger partial charge on any atom is 0.335 e. The number of nitrogens with zero attached hydrogens (tertiary/aromatic N) is 4.